The lowest BCUT2D eigenvalue weighted by molar-refractivity contribution is -0.141. The number of pyridine rings is 1. The minimum absolute atomic E-state index is 0.0525. The molecule has 1 aromatic carbocycles. The molecule has 8 nitrogen and oxygen atoms in total. The summed E-state index contributed by atoms with van der Waals surface area (Å²) in [6, 6.07) is 10.5. The maximum atomic E-state index is 14.1. The molecular weight excluding hydrogens is 435 g/mol. The molecule has 3 saturated heterocycles. The Morgan fingerprint density at radius 1 is 0.853 bits per heavy atom. The Bertz CT molecular complexity index is 1010. The number of anilines is 1. The van der Waals surface area contributed by atoms with Crippen LogP contribution >= 0.6 is 0 Å². The molecule has 180 valence electrons. The monoisotopic (exact) mass is 466 g/mol. The third-order valence-electron chi connectivity index (χ3n) is 7.25. The van der Waals surface area contributed by atoms with Crippen LogP contribution in [0.25, 0.3) is 0 Å². The number of aromatic nitrogens is 1. The summed E-state index contributed by atoms with van der Waals surface area (Å²) >= 11 is 0. The maximum Gasteiger partial charge on any atom is 0.241 e. The van der Waals surface area contributed by atoms with Crippen molar-refractivity contribution in [3.63, 3.8) is 0 Å². The highest BCUT2D eigenvalue weighted by atomic mass is 19.1. The van der Waals surface area contributed by atoms with E-state index >= 15 is 0 Å². The second-order valence-electron chi connectivity index (χ2n) is 9.27. The Hall–Kier alpha value is -3.04. The van der Waals surface area contributed by atoms with E-state index in [9.17, 15) is 14.0 Å². The molecule has 3 fully saturated rings. The van der Waals surface area contributed by atoms with Crippen LogP contribution in [-0.4, -0.2) is 71.9 Å². The van der Waals surface area contributed by atoms with Gasteiger partial charge in [-0.1, -0.05) is 12.1 Å². The lowest BCUT2D eigenvalue weighted by atomic mass is 9.94. The molecule has 3 aliphatic heterocycles. The Kier molecular flexibility index (Phi) is 6.73. The van der Waals surface area contributed by atoms with Crippen LogP contribution in [0.1, 0.15) is 30.9 Å². The first-order valence-corrected chi connectivity index (χ1v) is 12.1. The van der Waals surface area contributed by atoms with E-state index in [0.717, 1.165) is 5.56 Å². The Balaban J connectivity index is 1.09. The Morgan fingerprint density at radius 2 is 1.53 bits per heavy atom. The van der Waals surface area contributed by atoms with Crippen molar-refractivity contribution in [1.82, 2.24) is 25.6 Å². The number of nitrogens with one attached hydrogen (secondary N) is 2. The summed E-state index contributed by atoms with van der Waals surface area (Å²) in [5, 5.41) is 0. The molecule has 3 aliphatic rings. The fourth-order valence-electron chi connectivity index (χ4n) is 5.23. The average Bonchev–Trinajstić information content (AvgIpc) is 3.39. The molecular formula is C25H31FN6O2. The molecule has 1 aromatic heterocycles. The van der Waals surface area contributed by atoms with Crippen molar-refractivity contribution in [2.24, 2.45) is 5.92 Å². The molecule has 4 heterocycles. The van der Waals surface area contributed by atoms with Gasteiger partial charge in [0.1, 0.15) is 11.9 Å². The Labute approximate surface area is 199 Å². The zero-order chi connectivity index (χ0) is 23.5. The third kappa shape index (κ3) is 4.76. The van der Waals surface area contributed by atoms with E-state index in [1.807, 2.05) is 32.9 Å². The summed E-state index contributed by atoms with van der Waals surface area (Å²) in [4.78, 5) is 36.0. The zero-order valence-electron chi connectivity index (χ0n) is 19.2. The van der Waals surface area contributed by atoms with Gasteiger partial charge in [0.2, 0.25) is 11.8 Å². The van der Waals surface area contributed by atoms with Crippen LogP contribution in [0.5, 0.6) is 0 Å². The molecule has 0 radical (unpaired) electrons. The first-order valence-electron chi connectivity index (χ1n) is 12.1. The normalized spacial score (nSPS) is 23.9. The van der Waals surface area contributed by atoms with Gasteiger partial charge in [0.05, 0.1) is 5.69 Å². The number of carbonyl (C=O) groups is 2. The second-order valence-corrected chi connectivity index (χ2v) is 9.27. The molecule has 34 heavy (non-hydrogen) atoms. The van der Waals surface area contributed by atoms with Crippen molar-refractivity contribution in [2.75, 3.05) is 44.2 Å². The van der Waals surface area contributed by atoms with Crippen molar-refractivity contribution in [1.29, 1.82) is 0 Å². The van der Waals surface area contributed by atoms with E-state index in [-0.39, 0.29) is 35.6 Å². The second kappa shape index (κ2) is 10.1. The van der Waals surface area contributed by atoms with Crippen LogP contribution in [0.4, 0.5) is 10.1 Å². The number of halogens is 1. The number of hydrogen-bond acceptors (Lipinski definition) is 6. The average molecular weight is 467 g/mol. The van der Waals surface area contributed by atoms with Crippen molar-refractivity contribution in [2.45, 2.75) is 31.3 Å². The molecule has 5 rings (SSSR count). The SMILES string of the molecule is O=C(C1CCN(C(=O)C2CC(c3ccncc3)NN2)CC1)N1CCN(c2ccccc2F)CC1. The third-order valence-corrected chi connectivity index (χ3v) is 7.25. The van der Waals surface area contributed by atoms with Gasteiger partial charge < -0.3 is 14.7 Å². The molecule has 0 spiro atoms. The standard InChI is InChI=1S/C25H31FN6O2/c26-20-3-1-2-4-23(20)30-13-15-32(16-14-30)24(33)19-7-11-31(12-8-19)25(34)22-17-21(28-29-22)18-5-9-27-10-6-18/h1-6,9-10,19,21-22,28-29H,7-8,11-17H2. The van der Waals surface area contributed by atoms with Gasteiger partial charge in [-0.2, -0.15) is 0 Å². The highest BCUT2D eigenvalue weighted by Gasteiger charge is 2.36. The van der Waals surface area contributed by atoms with Crippen LogP contribution in [0.2, 0.25) is 0 Å². The predicted octanol–water partition coefficient (Wildman–Crippen LogP) is 1.72. The van der Waals surface area contributed by atoms with Gasteiger partial charge >= 0.3 is 0 Å². The topological polar surface area (TPSA) is 80.8 Å². The van der Waals surface area contributed by atoms with Gasteiger partial charge in [-0.15, -0.1) is 0 Å². The minimum Gasteiger partial charge on any atom is -0.366 e. The maximum absolute atomic E-state index is 14.1. The van der Waals surface area contributed by atoms with E-state index in [2.05, 4.69) is 15.8 Å². The number of para-hydroxylation sites is 1. The van der Waals surface area contributed by atoms with E-state index in [1.165, 1.54) is 6.07 Å². The number of amides is 2. The Morgan fingerprint density at radius 3 is 2.24 bits per heavy atom. The zero-order valence-corrected chi connectivity index (χ0v) is 19.2. The van der Waals surface area contributed by atoms with Crippen LogP contribution in [-0.2, 0) is 9.59 Å². The van der Waals surface area contributed by atoms with E-state index in [0.29, 0.717) is 64.2 Å². The smallest absolute Gasteiger partial charge is 0.241 e. The summed E-state index contributed by atoms with van der Waals surface area (Å²) < 4.78 is 14.1. The highest BCUT2D eigenvalue weighted by molar-refractivity contribution is 5.83. The van der Waals surface area contributed by atoms with Crippen LogP contribution < -0.4 is 15.8 Å². The number of piperazine rings is 1. The quantitative estimate of drug-likeness (QED) is 0.714. The number of nitrogens with zero attached hydrogens (tertiary/aromatic N) is 4. The van der Waals surface area contributed by atoms with Crippen LogP contribution in [0, 0.1) is 11.7 Å². The van der Waals surface area contributed by atoms with Crippen molar-refractivity contribution >= 4 is 17.5 Å². The predicted molar refractivity (Wildman–Crippen MR) is 126 cm³/mol. The van der Waals surface area contributed by atoms with Crippen molar-refractivity contribution in [3.05, 3.63) is 60.2 Å². The number of likely N-dealkylation sites (tertiary alicyclic amines) is 1. The molecule has 2 amide bonds. The first-order chi connectivity index (χ1) is 16.6. The molecule has 0 saturated carbocycles. The minimum atomic E-state index is -0.267. The van der Waals surface area contributed by atoms with E-state index in [1.54, 1.807) is 24.5 Å². The van der Waals surface area contributed by atoms with Gasteiger partial charge in [-0.05, 0) is 49.1 Å². The van der Waals surface area contributed by atoms with Gasteiger partial charge in [-0.3, -0.25) is 14.6 Å². The molecule has 2 unspecified atom stereocenters. The lowest BCUT2D eigenvalue weighted by Gasteiger charge is -2.39. The number of benzene rings is 1. The van der Waals surface area contributed by atoms with E-state index < -0.39 is 0 Å². The van der Waals surface area contributed by atoms with E-state index in [4.69, 9.17) is 0 Å². The van der Waals surface area contributed by atoms with Gasteiger partial charge in [0.15, 0.2) is 0 Å². The molecule has 9 heteroatoms. The fraction of sp³-hybridized carbons (Fsp3) is 0.480. The molecule has 0 aliphatic carbocycles. The van der Waals surface area contributed by atoms with Gasteiger partial charge in [-0.25, -0.2) is 15.2 Å². The summed E-state index contributed by atoms with van der Waals surface area (Å²) in [6.07, 6.45) is 5.58. The number of carbonyl (C=O) groups excluding carboxylic acids is 2. The first kappa shape index (κ1) is 22.7. The number of hydrogen-bond donors (Lipinski definition) is 2. The summed E-state index contributed by atoms with van der Waals surface area (Å²) in [5.41, 5.74) is 8.07. The largest absolute Gasteiger partial charge is 0.366 e. The van der Waals surface area contributed by atoms with Crippen molar-refractivity contribution in [3.8, 4) is 0 Å². The molecule has 2 aromatic rings. The number of piperidine rings is 1. The summed E-state index contributed by atoms with van der Waals surface area (Å²) in [7, 11) is 0. The molecule has 0 bridgehead atoms. The van der Waals surface area contributed by atoms with Crippen LogP contribution in [0.15, 0.2) is 48.8 Å². The summed E-state index contributed by atoms with van der Waals surface area (Å²) in [5.74, 6) is -0.0196. The van der Waals surface area contributed by atoms with Crippen LogP contribution in [0.3, 0.4) is 0 Å². The van der Waals surface area contributed by atoms with Gasteiger partial charge in [0.25, 0.3) is 0 Å². The van der Waals surface area contributed by atoms with Gasteiger partial charge in [0, 0.05) is 63.6 Å². The number of hydrazine groups is 1. The molecule has 2 N–H and O–H groups in total. The van der Waals surface area contributed by atoms with Crippen molar-refractivity contribution < 1.29 is 14.0 Å². The highest BCUT2D eigenvalue weighted by Crippen LogP contribution is 2.26. The fourth-order valence-corrected chi connectivity index (χ4v) is 5.23. The summed E-state index contributed by atoms with van der Waals surface area (Å²) in [6.45, 7) is 3.65. The number of rotatable bonds is 4. The lowest BCUT2D eigenvalue weighted by Crippen LogP contribution is -2.53. The molecule has 2 atom stereocenters.